The Hall–Kier alpha value is -1.83. The van der Waals surface area contributed by atoms with Gasteiger partial charge in [0.25, 0.3) is 0 Å². The molecule has 150 valence electrons. The van der Waals surface area contributed by atoms with Crippen molar-refractivity contribution in [1.82, 2.24) is 10.2 Å². The van der Waals surface area contributed by atoms with Crippen molar-refractivity contribution in [3.05, 3.63) is 45.6 Å². The quantitative estimate of drug-likeness (QED) is 0.746. The molecule has 2 aromatic rings. The maximum atomic E-state index is 5.81. The molecule has 1 saturated heterocycles. The number of hydrogen-bond donors (Lipinski definition) is 1. The molecule has 1 fully saturated rings. The summed E-state index contributed by atoms with van der Waals surface area (Å²) >= 11 is 7.56. The van der Waals surface area contributed by atoms with E-state index in [1.165, 1.54) is 16.0 Å². The smallest absolute Gasteiger partial charge is 0.169 e. The zero-order valence-electron chi connectivity index (χ0n) is 16.3. The molecule has 0 radical (unpaired) electrons. The van der Waals surface area contributed by atoms with Crippen LogP contribution < -0.4 is 14.8 Å². The van der Waals surface area contributed by atoms with Crippen LogP contribution in [0.2, 0.25) is 0 Å². The Morgan fingerprint density at radius 3 is 2.82 bits per heavy atom. The molecule has 1 N–H and O–H groups in total. The van der Waals surface area contributed by atoms with Crippen LogP contribution in [0.4, 0.5) is 0 Å². The van der Waals surface area contributed by atoms with Gasteiger partial charge in [-0.2, -0.15) is 0 Å². The number of thiophene rings is 1. The van der Waals surface area contributed by atoms with E-state index >= 15 is 0 Å². The summed E-state index contributed by atoms with van der Waals surface area (Å²) in [4.78, 5) is 3.57. The molecule has 3 heterocycles. The van der Waals surface area contributed by atoms with Crippen molar-refractivity contribution in [2.24, 2.45) is 0 Å². The fourth-order valence-electron chi connectivity index (χ4n) is 4.03. The predicted molar refractivity (Wildman–Crippen MR) is 116 cm³/mol. The van der Waals surface area contributed by atoms with E-state index in [4.69, 9.17) is 26.4 Å². The van der Waals surface area contributed by atoms with Gasteiger partial charge in [0.1, 0.15) is 0 Å². The number of fused-ring (bicyclic) bond motifs is 1. The Kier molecular flexibility index (Phi) is 6.04. The average molecular weight is 419 g/mol. The van der Waals surface area contributed by atoms with Crippen molar-refractivity contribution < 1.29 is 14.2 Å². The highest BCUT2D eigenvalue weighted by molar-refractivity contribution is 7.80. The average Bonchev–Trinajstić information content (AvgIpc) is 3.44. The molecule has 5 nitrogen and oxygen atoms in total. The minimum absolute atomic E-state index is 0.0769. The molecule has 0 bridgehead atoms. The van der Waals surface area contributed by atoms with Gasteiger partial charge < -0.3 is 24.4 Å². The highest BCUT2D eigenvalue weighted by Gasteiger charge is 2.32. The third-order valence-corrected chi connectivity index (χ3v) is 6.76. The van der Waals surface area contributed by atoms with Crippen molar-refractivity contribution >= 4 is 28.7 Å². The molecule has 2 atom stereocenters. The summed E-state index contributed by atoms with van der Waals surface area (Å²) < 4.78 is 16.8. The molecule has 2 aliphatic heterocycles. The number of nitrogens with zero attached hydrogens (tertiary/aromatic N) is 1. The third-order valence-electron chi connectivity index (χ3n) is 5.45. The van der Waals surface area contributed by atoms with Crippen molar-refractivity contribution in [2.75, 3.05) is 33.9 Å². The first-order valence-corrected chi connectivity index (χ1v) is 10.9. The van der Waals surface area contributed by atoms with E-state index in [0.717, 1.165) is 55.6 Å². The lowest BCUT2D eigenvalue weighted by molar-refractivity contribution is 0.113. The Balaban J connectivity index is 1.63. The maximum Gasteiger partial charge on any atom is 0.169 e. The van der Waals surface area contributed by atoms with E-state index in [9.17, 15) is 0 Å². The van der Waals surface area contributed by atoms with E-state index in [0.29, 0.717) is 0 Å². The van der Waals surface area contributed by atoms with Gasteiger partial charge in [-0.25, -0.2) is 0 Å². The SMILES string of the molecule is COc1cc2c(cc1OC)[C@@H](c1cccs1)N(C(=S)NC[C@@H]1CCCO1)CC2. The molecular weight excluding hydrogens is 392 g/mol. The van der Waals surface area contributed by atoms with Gasteiger partial charge >= 0.3 is 0 Å². The minimum atomic E-state index is 0.0769. The van der Waals surface area contributed by atoms with Gasteiger partial charge in [0.2, 0.25) is 0 Å². The monoisotopic (exact) mass is 418 g/mol. The number of hydrogen-bond acceptors (Lipinski definition) is 5. The van der Waals surface area contributed by atoms with Gasteiger partial charge in [-0.05, 0) is 66.2 Å². The maximum absolute atomic E-state index is 5.81. The summed E-state index contributed by atoms with van der Waals surface area (Å²) in [5, 5.41) is 6.35. The summed E-state index contributed by atoms with van der Waals surface area (Å²) in [6.07, 6.45) is 3.42. The molecule has 2 aliphatic rings. The standard InChI is InChI=1S/C21H26N2O3S2/c1-24-17-11-14-7-8-23(21(27)22-13-15-5-3-9-26-15)20(19-6-4-10-28-19)16(14)12-18(17)25-2/h4,6,10-12,15,20H,3,5,7-9,13H2,1-2H3,(H,22,27)/t15-,20-/m0/s1. The first-order valence-electron chi connectivity index (χ1n) is 9.65. The molecule has 28 heavy (non-hydrogen) atoms. The fourth-order valence-corrected chi connectivity index (χ4v) is 5.16. The first kappa shape index (κ1) is 19.5. The molecule has 0 saturated carbocycles. The highest BCUT2D eigenvalue weighted by atomic mass is 32.1. The third kappa shape index (κ3) is 3.83. The molecule has 1 aromatic carbocycles. The fraction of sp³-hybridized carbons (Fsp3) is 0.476. The van der Waals surface area contributed by atoms with Crippen LogP contribution in [0.3, 0.4) is 0 Å². The summed E-state index contributed by atoms with van der Waals surface area (Å²) in [5.74, 6) is 1.53. The number of thiocarbonyl (C=S) groups is 1. The lowest BCUT2D eigenvalue weighted by Gasteiger charge is -2.39. The van der Waals surface area contributed by atoms with E-state index in [2.05, 4.69) is 39.9 Å². The lowest BCUT2D eigenvalue weighted by Crippen LogP contribution is -2.47. The van der Waals surface area contributed by atoms with Crippen LogP contribution in [-0.4, -0.2) is 50.0 Å². The number of methoxy groups -OCH3 is 2. The van der Waals surface area contributed by atoms with Crippen molar-refractivity contribution in [3.8, 4) is 11.5 Å². The van der Waals surface area contributed by atoms with E-state index in [-0.39, 0.29) is 12.1 Å². The van der Waals surface area contributed by atoms with E-state index in [1.807, 2.05) is 0 Å². The van der Waals surface area contributed by atoms with Crippen LogP contribution in [0.15, 0.2) is 29.6 Å². The van der Waals surface area contributed by atoms with Crippen LogP contribution in [0.1, 0.15) is 34.9 Å². The van der Waals surface area contributed by atoms with Crippen LogP contribution in [0, 0.1) is 0 Å². The van der Waals surface area contributed by atoms with E-state index in [1.54, 1.807) is 25.6 Å². The molecule has 0 aliphatic carbocycles. The molecule has 0 amide bonds. The second kappa shape index (κ2) is 8.68. The van der Waals surface area contributed by atoms with Crippen molar-refractivity contribution in [3.63, 3.8) is 0 Å². The van der Waals surface area contributed by atoms with Gasteiger partial charge in [-0.15, -0.1) is 11.3 Å². The predicted octanol–water partition coefficient (Wildman–Crippen LogP) is 3.77. The molecule has 0 unspecified atom stereocenters. The van der Waals surface area contributed by atoms with E-state index < -0.39 is 0 Å². The summed E-state index contributed by atoms with van der Waals surface area (Å²) in [5.41, 5.74) is 2.52. The second-order valence-corrected chi connectivity index (χ2v) is 8.45. The Bertz CT molecular complexity index is 819. The largest absolute Gasteiger partial charge is 0.493 e. The Morgan fingerprint density at radius 1 is 1.32 bits per heavy atom. The van der Waals surface area contributed by atoms with Gasteiger partial charge in [-0.3, -0.25) is 0 Å². The zero-order chi connectivity index (χ0) is 19.5. The highest BCUT2D eigenvalue weighted by Crippen LogP contribution is 2.42. The molecule has 4 rings (SSSR count). The van der Waals surface area contributed by atoms with Crippen LogP contribution in [0.5, 0.6) is 11.5 Å². The number of ether oxygens (including phenoxy) is 3. The molecule has 1 aromatic heterocycles. The summed E-state index contributed by atoms with van der Waals surface area (Å²) in [6.45, 7) is 2.49. The van der Waals surface area contributed by atoms with Gasteiger partial charge in [0.15, 0.2) is 16.6 Å². The van der Waals surface area contributed by atoms with Crippen molar-refractivity contribution in [1.29, 1.82) is 0 Å². The Morgan fingerprint density at radius 2 is 2.14 bits per heavy atom. The Labute approximate surface area is 175 Å². The normalized spacial score (nSPS) is 21.3. The summed E-state index contributed by atoms with van der Waals surface area (Å²) in [6, 6.07) is 8.56. The van der Waals surface area contributed by atoms with Gasteiger partial charge in [-0.1, -0.05) is 6.07 Å². The molecule has 7 heteroatoms. The topological polar surface area (TPSA) is 43.0 Å². The first-order chi connectivity index (χ1) is 13.7. The van der Waals surface area contributed by atoms with Crippen LogP contribution in [0.25, 0.3) is 0 Å². The summed E-state index contributed by atoms with van der Waals surface area (Å²) in [7, 11) is 3.36. The van der Waals surface area contributed by atoms with Crippen molar-refractivity contribution in [2.45, 2.75) is 31.4 Å². The number of nitrogens with one attached hydrogen (secondary N) is 1. The van der Waals surface area contributed by atoms with Gasteiger partial charge in [0.05, 0.1) is 26.4 Å². The number of rotatable bonds is 5. The van der Waals surface area contributed by atoms with Crippen LogP contribution >= 0.6 is 23.6 Å². The molecular formula is C21H26N2O3S2. The zero-order valence-corrected chi connectivity index (χ0v) is 17.9. The molecule has 0 spiro atoms. The van der Waals surface area contributed by atoms with Gasteiger partial charge in [0, 0.05) is 24.6 Å². The minimum Gasteiger partial charge on any atom is -0.493 e. The number of benzene rings is 1. The lowest BCUT2D eigenvalue weighted by atomic mass is 9.91. The second-order valence-electron chi connectivity index (χ2n) is 7.09. The van der Waals surface area contributed by atoms with Crippen LogP contribution in [-0.2, 0) is 11.2 Å².